The summed E-state index contributed by atoms with van der Waals surface area (Å²) in [4.78, 5) is 44.2. The Bertz CT molecular complexity index is 1540. The molecule has 0 saturated carbocycles. The van der Waals surface area contributed by atoms with Gasteiger partial charge in [0.1, 0.15) is 11.9 Å². The Labute approximate surface area is 246 Å². The highest BCUT2D eigenvalue weighted by Crippen LogP contribution is 2.39. The van der Waals surface area contributed by atoms with Gasteiger partial charge in [-0.25, -0.2) is 18.4 Å². The molecule has 3 heterocycles. The van der Waals surface area contributed by atoms with Crippen LogP contribution in [0.5, 0.6) is 0 Å². The van der Waals surface area contributed by atoms with Crippen molar-refractivity contribution in [2.75, 3.05) is 24.3 Å². The van der Waals surface area contributed by atoms with Gasteiger partial charge in [-0.2, -0.15) is 0 Å². The van der Waals surface area contributed by atoms with Crippen LogP contribution in [-0.4, -0.2) is 41.6 Å². The van der Waals surface area contributed by atoms with E-state index in [4.69, 9.17) is 16.3 Å². The lowest BCUT2D eigenvalue weighted by molar-refractivity contribution is -0.119. The average Bonchev–Trinajstić information content (AvgIpc) is 2.97. The van der Waals surface area contributed by atoms with Gasteiger partial charge < -0.3 is 19.7 Å². The predicted molar refractivity (Wildman–Crippen MR) is 152 cm³/mol. The van der Waals surface area contributed by atoms with E-state index in [0.29, 0.717) is 41.9 Å². The minimum Gasteiger partial charge on any atom is -0.453 e. The van der Waals surface area contributed by atoms with Gasteiger partial charge in [0.15, 0.2) is 5.82 Å². The van der Waals surface area contributed by atoms with Crippen molar-refractivity contribution < 1.29 is 32.6 Å². The molecule has 9 nitrogen and oxygen atoms in total. The Hall–Kier alpha value is -4.25. The molecule has 1 fully saturated rings. The first-order valence-corrected chi connectivity index (χ1v) is 13.9. The van der Waals surface area contributed by atoms with Crippen molar-refractivity contribution >= 4 is 41.1 Å². The number of rotatable bonds is 3. The van der Waals surface area contributed by atoms with E-state index < -0.39 is 36.0 Å². The molecule has 220 valence electrons. The largest absolute Gasteiger partial charge is 0.453 e. The van der Waals surface area contributed by atoms with Crippen molar-refractivity contribution in [2.45, 2.75) is 44.8 Å². The second kappa shape index (κ2) is 12.3. The topological polar surface area (TPSA) is 110 Å². The molecule has 0 radical (unpaired) electrons. The van der Waals surface area contributed by atoms with Crippen LogP contribution < -0.4 is 10.6 Å². The summed E-state index contributed by atoms with van der Waals surface area (Å²) >= 11 is 5.86. The fourth-order valence-corrected chi connectivity index (χ4v) is 5.51. The van der Waals surface area contributed by atoms with Crippen LogP contribution in [0.25, 0.3) is 11.3 Å². The van der Waals surface area contributed by atoms with E-state index in [1.807, 2.05) is 19.1 Å². The number of halogens is 3. The number of ether oxygens (including phenoxy) is 2. The van der Waals surface area contributed by atoms with Crippen LogP contribution in [0.15, 0.2) is 48.7 Å². The summed E-state index contributed by atoms with van der Waals surface area (Å²) in [6.45, 7) is 2.00. The molecule has 3 amide bonds. The zero-order valence-corrected chi connectivity index (χ0v) is 23.7. The van der Waals surface area contributed by atoms with E-state index in [1.54, 1.807) is 29.3 Å². The molecule has 2 bridgehead atoms. The highest BCUT2D eigenvalue weighted by Gasteiger charge is 2.36. The number of aromatic nitrogens is 1. The number of benzene rings is 2. The molecule has 1 saturated heterocycles. The molecule has 0 aliphatic carbocycles. The monoisotopic (exact) mass is 598 g/mol. The Kier molecular flexibility index (Phi) is 8.58. The average molecular weight is 599 g/mol. The molecular weight excluding hydrogens is 570 g/mol. The number of pyridine rings is 1. The van der Waals surface area contributed by atoms with E-state index in [1.165, 1.54) is 7.11 Å². The van der Waals surface area contributed by atoms with Crippen LogP contribution in [-0.2, 0) is 14.3 Å². The molecular formula is C30H29ClF2N4O5. The molecule has 5 rings (SSSR count). The quantitative estimate of drug-likeness (QED) is 0.308. The number of fused-ring (bicyclic) bond motifs is 4. The molecule has 0 spiro atoms. The first-order chi connectivity index (χ1) is 20.2. The molecule has 42 heavy (non-hydrogen) atoms. The zero-order valence-electron chi connectivity index (χ0n) is 23.0. The van der Waals surface area contributed by atoms with Crippen LogP contribution in [0.1, 0.15) is 55.9 Å². The van der Waals surface area contributed by atoms with Gasteiger partial charge in [-0.15, -0.1) is 0 Å². The molecule has 1 aromatic heterocycles. The van der Waals surface area contributed by atoms with E-state index >= 15 is 0 Å². The fourth-order valence-electron chi connectivity index (χ4n) is 5.35. The summed E-state index contributed by atoms with van der Waals surface area (Å²) in [6.07, 6.45) is 0.982. The third kappa shape index (κ3) is 6.01. The Morgan fingerprint density at radius 2 is 1.95 bits per heavy atom. The smallest absolute Gasteiger partial charge is 0.411 e. The van der Waals surface area contributed by atoms with Gasteiger partial charge in [0.2, 0.25) is 5.91 Å². The summed E-state index contributed by atoms with van der Waals surface area (Å²) in [5.41, 5.74) is 2.45. The van der Waals surface area contributed by atoms with E-state index in [2.05, 4.69) is 20.4 Å². The Morgan fingerprint density at radius 1 is 1.14 bits per heavy atom. The number of hydrogen-bond acceptors (Lipinski definition) is 6. The normalized spacial score (nSPS) is 20.8. The van der Waals surface area contributed by atoms with Gasteiger partial charge >= 0.3 is 12.2 Å². The number of nitrogens with zero attached hydrogens (tertiary/aromatic N) is 2. The van der Waals surface area contributed by atoms with Gasteiger partial charge in [-0.3, -0.25) is 15.1 Å². The fraction of sp³-hybridized carbons (Fsp3) is 0.333. The highest BCUT2D eigenvalue weighted by molar-refractivity contribution is 6.30. The molecule has 2 aliphatic heterocycles. The first-order valence-electron chi connectivity index (χ1n) is 13.5. The van der Waals surface area contributed by atoms with Crippen molar-refractivity contribution in [1.29, 1.82) is 0 Å². The molecule has 12 heteroatoms. The van der Waals surface area contributed by atoms with Crippen LogP contribution in [0.4, 0.5) is 29.7 Å². The molecule has 3 atom stereocenters. The van der Waals surface area contributed by atoms with Crippen molar-refractivity contribution in [3.63, 3.8) is 0 Å². The molecule has 2 aliphatic rings. The van der Waals surface area contributed by atoms with Crippen LogP contribution in [0.3, 0.4) is 0 Å². The van der Waals surface area contributed by atoms with Gasteiger partial charge in [-0.05, 0) is 60.9 Å². The maximum absolute atomic E-state index is 14.7. The zero-order chi connectivity index (χ0) is 30.0. The first kappa shape index (κ1) is 29.2. The number of anilines is 2. The molecule has 0 unspecified atom stereocenters. The van der Waals surface area contributed by atoms with Crippen molar-refractivity contribution in [1.82, 2.24) is 9.88 Å². The predicted octanol–water partition coefficient (Wildman–Crippen LogP) is 7.24. The highest BCUT2D eigenvalue weighted by atomic mass is 35.5. The number of carbonyl (C=O) groups excluding carboxylic acids is 3. The maximum atomic E-state index is 14.7. The summed E-state index contributed by atoms with van der Waals surface area (Å²) in [5.74, 6) is -2.33. The van der Waals surface area contributed by atoms with E-state index in [-0.39, 0.29) is 35.4 Å². The molecule has 2 N–H and O–H groups in total. The van der Waals surface area contributed by atoms with Crippen LogP contribution >= 0.6 is 11.6 Å². The number of amides is 3. The lowest BCUT2D eigenvalue weighted by atomic mass is 9.93. The second-order valence-electron chi connectivity index (χ2n) is 10.3. The number of methoxy groups -OCH3 is 1. The van der Waals surface area contributed by atoms with Gasteiger partial charge in [-0.1, -0.05) is 24.9 Å². The standard InChI is InChI=1S/C30H29ClF2N4O5/c1-16-4-3-5-24(37-13-11-25(42-30(37)40)26-21(32)9-8-20(31)27(26)33)17-10-12-34-22(14-17)19-7-6-18(35-29(39)41-2)15-23(19)36-28(16)38/h6-10,12,14-16,24-25H,3-5,11,13H2,1-2H3,(H,35,39)(H,36,38)/t16-,24-,25-/m0/s1. The van der Waals surface area contributed by atoms with Crippen LogP contribution in [0.2, 0.25) is 5.02 Å². The Morgan fingerprint density at radius 3 is 2.71 bits per heavy atom. The number of nitrogens with one attached hydrogen (secondary N) is 2. The third-order valence-corrected chi connectivity index (χ3v) is 7.90. The number of cyclic esters (lactones) is 1. The SMILES string of the molecule is COC(=O)Nc1ccc2c(c1)NC(=O)[C@@H](C)CCC[C@H](N1CC[C@@H](c3c(F)ccc(Cl)c3F)OC1=O)c1ccnc-2c1. The lowest BCUT2D eigenvalue weighted by Gasteiger charge is -2.38. The third-order valence-electron chi connectivity index (χ3n) is 7.60. The van der Waals surface area contributed by atoms with Crippen molar-refractivity contribution in [3.8, 4) is 11.3 Å². The van der Waals surface area contributed by atoms with Crippen molar-refractivity contribution in [2.24, 2.45) is 5.92 Å². The Balaban J connectivity index is 1.48. The lowest BCUT2D eigenvalue weighted by Crippen LogP contribution is -2.42. The summed E-state index contributed by atoms with van der Waals surface area (Å²) < 4.78 is 39.4. The van der Waals surface area contributed by atoms with Crippen molar-refractivity contribution in [3.05, 3.63) is 76.4 Å². The van der Waals surface area contributed by atoms with E-state index in [9.17, 15) is 23.2 Å². The van der Waals surface area contributed by atoms with E-state index in [0.717, 1.165) is 17.7 Å². The minimum absolute atomic E-state index is 0.159. The minimum atomic E-state index is -1.12. The van der Waals surface area contributed by atoms with Gasteiger partial charge in [0, 0.05) is 36.3 Å². The van der Waals surface area contributed by atoms with Gasteiger partial charge in [0.25, 0.3) is 0 Å². The molecule has 3 aromatic rings. The summed E-state index contributed by atoms with van der Waals surface area (Å²) in [6, 6.07) is 10.4. The second-order valence-corrected chi connectivity index (χ2v) is 10.7. The summed E-state index contributed by atoms with van der Waals surface area (Å²) in [7, 11) is 1.25. The number of hydrogen-bond donors (Lipinski definition) is 2. The number of carbonyl (C=O) groups is 3. The molecule has 2 aromatic carbocycles. The van der Waals surface area contributed by atoms with Gasteiger partial charge in [0.05, 0.1) is 35.1 Å². The van der Waals surface area contributed by atoms with Crippen LogP contribution in [0, 0.1) is 17.6 Å². The summed E-state index contributed by atoms with van der Waals surface area (Å²) in [5, 5.41) is 5.30. The maximum Gasteiger partial charge on any atom is 0.411 e.